The first-order valence-corrected chi connectivity index (χ1v) is 8.42. The molecule has 0 aliphatic carbocycles. The molecule has 1 aliphatic heterocycles. The SMILES string of the molecule is CC1CCCC(CN)N1C(=O)c1cc(Br)sc1Br. The Kier molecular flexibility index (Phi) is 4.86. The number of carbonyl (C=O) groups is 1. The van der Waals surface area contributed by atoms with Crippen LogP contribution in [0.2, 0.25) is 0 Å². The predicted octanol–water partition coefficient (Wildman–Crippen LogP) is 3.62. The van der Waals surface area contributed by atoms with Gasteiger partial charge in [-0.15, -0.1) is 11.3 Å². The lowest BCUT2D eigenvalue weighted by molar-refractivity contribution is 0.0494. The lowest BCUT2D eigenvalue weighted by atomic mass is 9.95. The van der Waals surface area contributed by atoms with Gasteiger partial charge in [-0.05, 0) is 64.1 Å². The Morgan fingerprint density at radius 3 is 2.83 bits per heavy atom. The molecule has 18 heavy (non-hydrogen) atoms. The standard InChI is InChI=1S/C12H16Br2N2OS/c1-7-3-2-4-8(6-15)16(7)12(17)9-5-10(13)18-11(9)14/h5,7-8H,2-4,6,15H2,1H3. The number of halogens is 2. The third kappa shape index (κ3) is 2.81. The summed E-state index contributed by atoms with van der Waals surface area (Å²) in [7, 11) is 0. The molecule has 0 bridgehead atoms. The van der Waals surface area contributed by atoms with E-state index in [1.807, 2.05) is 11.0 Å². The first-order chi connectivity index (χ1) is 8.54. The largest absolute Gasteiger partial charge is 0.332 e. The first-order valence-electron chi connectivity index (χ1n) is 6.02. The molecule has 1 aliphatic rings. The van der Waals surface area contributed by atoms with Crippen LogP contribution in [0.5, 0.6) is 0 Å². The molecule has 0 radical (unpaired) electrons. The summed E-state index contributed by atoms with van der Waals surface area (Å²) in [4.78, 5) is 14.6. The highest BCUT2D eigenvalue weighted by Crippen LogP contribution is 2.34. The molecule has 1 amide bonds. The Morgan fingerprint density at radius 2 is 2.28 bits per heavy atom. The maximum absolute atomic E-state index is 12.6. The Hall–Kier alpha value is 0.0900. The van der Waals surface area contributed by atoms with Crippen molar-refractivity contribution in [2.75, 3.05) is 6.54 Å². The molecule has 0 spiro atoms. The van der Waals surface area contributed by atoms with Crippen LogP contribution >= 0.6 is 43.2 Å². The fraction of sp³-hybridized carbons (Fsp3) is 0.583. The third-order valence-corrected chi connectivity index (χ3v) is 5.76. The molecule has 3 nitrogen and oxygen atoms in total. The summed E-state index contributed by atoms with van der Waals surface area (Å²) < 4.78 is 1.85. The van der Waals surface area contributed by atoms with E-state index in [1.54, 1.807) is 0 Å². The van der Waals surface area contributed by atoms with Crippen LogP contribution in [0.4, 0.5) is 0 Å². The van der Waals surface area contributed by atoms with E-state index in [0.717, 1.165) is 32.4 Å². The number of likely N-dealkylation sites (tertiary alicyclic amines) is 1. The topological polar surface area (TPSA) is 46.3 Å². The van der Waals surface area contributed by atoms with Gasteiger partial charge in [-0.25, -0.2) is 0 Å². The zero-order valence-electron chi connectivity index (χ0n) is 10.2. The molecule has 1 fully saturated rings. The first kappa shape index (κ1) is 14.5. The molecule has 0 aromatic carbocycles. The van der Waals surface area contributed by atoms with E-state index in [4.69, 9.17) is 5.73 Å². The van der Waals surface area contributed by atoms with Crippen LogP contribution in [0.1, 0.15) is 36.5 Å². The number of nitrogens with zero attached hydrogens (tertiary/aromatic N) is 1. The van der Waals surface area contributed by atoms with Crippen LogP contribution in [-0.2, 0) is 0 Å². The van der Waals surface area contributed by atoms with Crippen molar-refractivity contribution in [2.45, 2.75) is 38.3 Å². The van der Waals surface area contributed by atoms with Crippen molar-refractivity contribution in [2.24, 2.45) is 5.73 Å². The van der Waals surface area contributed by atoms with E-state index in [2.05, 4.69) is 38.8 Å². The summed E-state index contributed by atoms with van der Waals surface area (Å²) in [5.74, 6) is 0.0893. The van der Waals surface area contributed by atoms with Gasteiger partial charge < -0.3 is 10.6 Å². The summed E-state index contributed by atoms with van der Waals surface area (Å²) >= 11 is 8.40. The van der Waals surface area contributed by atoms with Gasteiger partial charge in [-0.3, -0.25) is 4.79 Å². The highest BCUT2D eigenvalue weighted by atomic mass is 79.9. The van der Waals surface area contributed by atoms with Crippen molar-refractivity contribution in [3.8, 4) is 0 Å². The molecular weight excluding hydrogens is 380 g/mol. The smallest absolute Gasteiger partial charge is 0.256 e. The second kappa shape index (κ2) is 6.03. The molecule has 0 saturated carbocycles. The number of hydrogen-bond donors (Lipinski definition) is 1. The maximum atomic E-state index is 12.6. The number of nitrogens with two attached hydrogens (primary N) is 1. The van der Waals surface area contributed by atoms with Crippen LogP contribution in [0, 0.1) is 0 Å². The van der Waals surface area contributed by atoms with E-state index in [0.29, 0.717) is 6.54 Å². The molecule has 2 atom stereocenters. The molecular formula is C12H16Br2N2OS. The van der Waals surface area contributed by atoms with E-state index in [-0.39, 0.29) is 18.0 Å². The van der Waals surface area contributed by atoms with Crippen molar-refractivity contribution < 1.29 is 4.79 Å². The predicted molar refractivity (Wildman–Crippen MR) is 82.0 cm³/mol. The third-order valence-electron chi connectivity index (χ3n) is 3.42. The fourth-order valence-corrected chi connectivity index (χ4v) is 5.29. The molecule has 2 unspecified atom stereocenters. The van der Waals surface area contributed by atoms with Gasteiger partial charge in [-0.2, -0.15) is 0 Å². The van der Waals surface area contributed by atoms with Crippen molar-refractivity contribution in [1.29, 1.82) is 0 Å². The molecule has 1 saturated heterocycles. The zero-order chi connectivity index (χ0) is 13.3. The van der Waals surface area contributed by atoms with Gasteiger partial charge in [0.1, 0.15) is 0 Å². The summed E-state index contributed by atoms with van der Waals surface area (Å²) in [6.45, 7) is 2.65. The number of rotatable bonds is 2. The minimum absolute atomic E-state index is 0.0893. The molecule has 1 aromatic heterocycles. The molecule has 1 aromatic rings. The second-order valence-electron chi connectivity index (χ2n) is 4.62. The van der Waals surface area contributed by atoms with Crippen molar-refractivity contribution in [1.82, 2.24) is 4.90 Å². The minimum atomic E-state index is 0.0893. The quantitative estimate of drug-likeness (QED) is 0.831. The van der Waals surface area contributed by atoms with Gasteiger partial charge in [0.15, 0.2) is 0 Å². The summed E-state index contributed by atoms with van der Waals surface area (Å²) in [5.41, 5.74) is 6.54. The zero-order valence-corrected chi connectivity index (χ0v) is 14.1. The number of amides is 1. The fourth-order valence-electron chi connectivity index (χ4n) is 2.51. The molecule has 2 rings (SSSR count). The van der Waals surface area contributed by atoms with E-state index < -0.39 is 0 Å². The number of hydrogen-bond acceptors (Lipinski definition) is 3. The molecule has 2 heterocycles. The van der Waals surface area contributed by atoms with E-state index in [9.17, 15) is 4.79 Å². The summed E-state index contributed by atoms with van der Waals surface area (Å²) in [5, 5.41) is 0. The van der Waals surface area contributed by atoms with Crippen LogP contribution in [0.15, 0.2) is 13.6 Å². The second-order valence-corrected chi connectivity index (χ2v) is 8.37. The average molecular weight is 396 g/mol. The highest BCUT2D eigenvalue weighted by Gasteiger charge is 2.32. The maximum Gasteiger partial charge on any atom is 0.256 e. The molecule has 100 valence electrons. The minimum Gasteiger partial charge on any atom is -0.332 e. The van der Waals surface area contributed by atoms with Crippen molar-refractivity contribution in [3.63, 3.8) is 0 Å². The van der Waals surface area contributed by atoms with Gasteiger partial charge >= 0.3 is 0 Å². The van der Waals surface area contributed by atoms with E-state index >= 15 is 0 Å². The Labute approximate surface area is 128 Å². The lowest BCUT2D eigenvalue weighted by Crippen LogP contribution is -2.51. The van der Waals surface area contributed by atoms with Crippen LogP contribution in [0.25, 0.3) is 0 Å². The van der Waals surface area contributed by atoms with Gasteiger partial charge in [0.05, 0.1) is 13.1 Å². The van der Waals surface area contributed by atoms with Crippen LogP contribution in [0.3, 0.4) is 0 Å². The Balaban J connectivity index is 2.28. The average Bonchev–Trinajstić information content (AvgIpc) is 2.67. The lowest BCUT2D eigenvalue weighted by Gasteiger charge is -2.40. The molecule has 6 heteroatoms. The normalized spacial score (nSPS) is 24.3. The van der Waals surface area contributed by atoms with Crippen LogP contribution < -0.4 is 5.73 Å². The van der Waals surface area contributed by atoms with Gasteiger partial charge in [0, 0.05) is 18.6 Å². The monoisotopic (exact) mass is 394 g/mol. The highest BCUT2D eigenvalue weighted by molar-refractivity contribution is 9.12. The van der Waals surface area contributed by atoms with E-state index in [1.165, 1.54) is 11.3 Å². The summed E-state index contributed by atoms with van der Waals surface area (Å²) in [6, 6.07) is 2.32. The van der Waals surface area contributed by atoms with Crippen molar-refractivity contribution in [3.05, 3.63) is 19.2 Å². The molecule has 2 N–H and O–H groups in total. The number of carbonyl (C=O) groups excluding carboxylic acids is 1. The Morgan fingerprint density at radius 1 is 1.56 bits per heavy atom. The number of piperidine rings is 1. The summed E-state index contributed by atoms with van der Waals surface area (Å²) in [6.07, 6.45) is 3.22. The van der Waals surface area contributed by atoms with Crippen LogP contribution in [-0.4, -0.2) is 29.4 Å². The van der Waals surface area contributed by atoms with Crippen molar-refractivity contribution >= 4 is 49.1 Å². The van der Waals surface area contributed by atoms with Gasteiger partial charge in [-0.1, -0.05) is 0 Å². The Bertz CT molecular complexity index is 449. The van der Waals surface area contributed by atoms with Gasteiger partial charge in [0.25, 0.3) is 5.91 Å². The number of thiophene rings is 1. The van der Waals surface area contributed by atoms with Gasteiger partial charge in [0.2, 0.25) is 0 Å².